The number of hydrogen-bond donors (Lipinski definition) is 2. The normalized spacial score (nSPS) is 10.2. The lowest BCUT2D eigenvalue weighted by molar-refractivity contribution is 0.0695. The maximum atomic E-state index is 11.6. The van der Waals surface area contributed by atoms with E-state index in [0.717, 1.165) is 4.57 Å². The van der Waals surface area contributed by atoms with Gasteiger partial charge in [0.15, 0.2) is 0 Å². The summed E-state index contributed by atoms with van der Waals surface area (Å²) < 4.78 is 5.41. The van der Waals surface area contributed by atoms with E-state index in [1.807, 2.05) is 0 Å². The first-order chi connectivity index (χ1) is 9.54. The van der Waals surface area contributed by atoms with Crippen molar-refractivity contribution < 1.29 is 19.2 Å². The molecule has 0 saturated heterocycles. The highest BCUT2D eigenvalue weighted by Gasteiger charge is 2.19. The highest BCUT2D eigenvalue weighted by molar-refractivity contribution is 5.91. The Morgan fingerprint density at radius 1 is 1.40 bits per heavy atom. The number of carboxylic acids is 1. The van der Waals surface area contributed by atoms with Crippen molar-refractivity contribution in [3.63, 3.8) is 0 Å². The largest absolute Gasteiger partial charge is 0.478 e. The van der Waals surface area contributed by atoms with Crippen molar-refractivity contribution >= 4 is 11.9 Å². The fourth-order valence-electron chi connectivity index (χ4n) is 1.72. The number of nitrogens with one attached hydrogen (secondary N) is 1. The van der Waals surface area contributed by atoms with Crippen LogP contribution in [0.25, 0.3) is 0 Å². The lowest BCUT2D eigenvalue weighted by Gasteiger charge is -2.06. The SMILES string of the molecule is CNC(=O)c1noc(=O)n1Cc1ccccc1C(=O)O. The van der Waals surface area contributed by atoms with Gasteiger partial charge in [-0.05, 0) is 16.8 Å². The first kappa shape index (κ1) is 13.5. The Balaban J connectivity index is 2.46. The van der Waals surface area contributed by atoms with Gasteiger partial charge >= 0.3 is 11.7 Å². The van der Waals surface area contributed by atoms with Crippen LogP contribution in [-0.4, -0.2) is 33.8 Å². The topological polar surface area (TPSA) is 114 Å². The lowest BCUT2D eigenvalue weighted by atomic mass is 10.1. The first-order valence-corrected chi connectivity index (χ1v) is 5.64. The molecule has 1 heterocycles. The molecule has 0 spiro atoms. The van der Waals surface area contributed by atoms with Crippen LogP contribution >= 0.6 is 0 Å². The van der Waals surface area contributed by atoms with Gasteiger partial charge in [-0.3, -0.25) is 9.32 Å². The second-order valence-electron chi connectivity index (χ2n) is 3.90. The molecule has 8 nitrogen and oxygen atoms in total. The van der Waals surface area contributed by atoms with Crippen molar-refractivity contribution in [1.82, 2.24) is 15.0 Å². The number of hydrogen-bond acceptors (Lipinski definition) is 5. The Labute approximate surface area is 112 Å². The number of amides is 1. The summed E-state index contributed by atoms with van der Waals surface area (Å²) in [7, 11) is 1.39. The molecule has 0 atom stereocenters. The van der Waals surface area contributed by atoms with E-state index in [1.165, 1.54) is 13.1 Å². The highest BCUT2D eigenvalue weighted by Crippen LogP contribution is 2.10. The lowest BCUT2D eigenvalue weighted by Crippen LogP contribution is -2.27. The number of aromatic nitrogens is 2. The van der Waals surface area contributed by atoms with Crippen molar-refractivity contribution in [3.05, 3.63) is 51.8 Å². The van der Waals surface area contributed by atoms with Crippen LogP contribution in [0, 0.1) is 0 Å². The van der Waals surface area contributed by atoms with Gasteiger partial charge in [-0.2, -0.15) is 0 Å². The summed E-state index contributed by atoms with van der Waals surface area (Å²) in [5, 5.41) is 14.8. The molecular weight excluding hydrogens is 266 g/mol. The minimum atomic E-state index is -1.12. The van der Waals surface area contributed by atoms with Crippen LogP contribution in [0.2, 0.25) is 0 Å². The minimum absolute atomic E-state index is 0.0449. The zero-order valence-corrected chi connectivity index (χ0v) is 10.5. The van der Waals surface area contributed by atoms with Gasteiger partial charge in [-0.15, -0.1) is 0 Å². The molecule has 104 valence electrons. The standard InChI is InChI=1S/C12H11N3O5/c1-13-10(16)9-14-20-12(19)15(9)6-7-4-2-3-5-8(7)11(17)18/h2-5H,6H2,1H3,(H,13,16)(H,17,18). The molecule has 0 aliphatic heterocycles. The van der Waals surface area contributed by atoms with Gasteiger partial charge in [0.25, 0.3) is 5.91 Å². The highest BCUT2D eigenvalue weighted by atomic mass is 16.5. The molecule has 1 aromatic heterocycles. The van der Waals surface area contributed by atoms with Gasteiger partial charge < -0.3 is 10.4 Å². The Kier molecular flexibility index (Phi) is 3.65. The molecule has 2 aromatic rings. The van der Waals surface area contributed by atoms with Crippen LogP contribution in [0.15, 0.2) is 33.6 Å². The number of nitrogens with zero attached hydrogens (tertiary/aromatic N) is 2. The molecule has 0 fully saturated rings. The Morgan fingerprint density at radius 3 is 2.75 bits per heavy atom. The van der Waals surface area contributed by atoms with Crippen molar-refractivity contribution in [1.29, 1.82) is 0 Å². The Morgan fingerprint density at radius 2 is 2.10 bits per heavy atom. The van der Waals surface area contributed by atoms with Crippen LogP contribution in [0.4, 0.5) is 0 Å². The number of carbonyl (C=O) groups excluding carboxylic acids is 1. The molecule has 0 bridgehead atoms. The van der Waals surface area contributed by atoms with Gasteiger partial charge in [-0.25, -0.2) is 14.2 Å². The predicted octanol–water partition coefficient (Wildman–Crippen LogP) is -0.0576. The number of aromatic carboxylic acids is 1. The molecule has 1 aromatic carbocycles. The number of benzene rings is 1. The van der Waals surface area contributed by atoms with Crippen LogP contribution in [0.1, 0.15) is 26.5 Å². The number of carboxylic acid groups (broad SMARTS) is 1. The van der Waals surface area contributed by atoms with E-state index in [4.69, 9.17) is 5.11 Å². The molecule has 0 unspecified atom stereocenters. The maximum Gasteiger partial charge on any atom is 0.442 e. The third kappa shape index (κ3) is 2.44. The number of rotatable bonds is 4. The van der Waals surface area contributed by atoms with Crippen molar-refractivity contribution in [2.45, 2.75) is 6.54 Å². The van der Waals surface area contributed by atoms with Crippen molar-refractivity contribution in [2.75, 3.05) is 7.05 Å². The summed E-state index contributed by atoms with van der Waals surface area (Å²) in [4.78, 5) is 34.2. The monoisotopic (exact) mass is 277 g/mol. The van der Waals surface area contributed by atoms with E-state index in [-0.39, 0.29) is 17.9 Å². The number of carbonyl (C=O) groups is 2. The predicted molar refractivity (Wildman–Crippen MR) is 66.7 cm³/mol. The minimum Gasteiger partial charge on any atom is -0.478 e. The molecule has 0 aliphatic carbocycles. The van der Waals surface area contributed by atoms with E-state index < -0.39 is 17.6 Å². The summed E-state index contributed by atoms with van der Waals surface area (Å²) in [5.41, 5.74) is 0.416. The summed E-state index contributed by atoms with van der Waals surface area (Å²) >= 11 is 0. The van der Waals surface area contributed by atoms with Crippen molar-refractivity contribution in [2.24, 2.45) is 0 Å². The van der Waals surface area contributed by atoms with E-state index in [2.05, 4.69) is 15.0 Å². The molecule has 0 aliphatic rings. The summed E-state index contributed by atoms with van der Waals surface area (Å²) in [6, 6.07) is 6.18. The molecule has 2 N–H and O–H groups in total. The van der Waals surface area contributed by atoms with Gasteiger partial charge in [0, 0.05) is 7.05 Å². The van der Waals surface area contributed by atoms with Crippen LogP contribution < -0.4 is 11.1 Å². The zero-order valence-electron chi connectivity index (χ0n) is 10.5. The maximum absolute atomic E-state index is 11.6. The van der Waals surface area contributed by atoms with Gasteiger partial charge in [0.1, 0.15) is 0 Å². The molecule has 8 heteroatoms. The second-order valence-corrected chi connectivity index (χ2v) is 3.90. The molecule has 20 heavy (non-hydrogen) atoms. The Bertz CT molecular complexity index is 716. The molecule has 1 amide bonds. The van der Waals surface area contributed by atoms with E-state index in [0.29, 0.717) is 5.56 Å². The summed E-state index contributed by atoms with van der Waals surface area (Å²) in [6.45, 7) is -0.118. The Hall–Kier alpha value is -2.90. The average Bonchev–Trinajstić information content (AvgIpc) is 2.80. The average molecular weight is 277 g/mol. The van der Waals surface area contributed by atoms with Gasteiger partial charge in [-0.1, -0.05) is 18.2 Å². The molecule has 0 radical (unpaired) electrons. The third-order valence-corrected chi connectivity index (χ3v) is 2.69. The van der Waals surface area contributed by atoms with E-state index >= 15 is 0 Å². The van der Waals surface area contributed by atoms with E-state index in [9.17, 15) is 14.4 Å². The van der Waals surface area contributed by atoms with Crippen LogP contribution in [0.3, 0.4) is 0 Å². The molecule has 0 saturated carbocycles. The van der Waals surface area contributed by atoms with Gasteiger partial charge in [0.2, 0.25) is 5.82 Å². The fourth-order valence-corrected chi connectivity index (χ4v) is 1.72. The van der Waals surface area contributed by atoms with Gasteiger partial charge in [0.05, 0.1) is 12.1 Å². The fraction of sp³-hybridized carbons (Fsp3) is 0.167. The second kappa shape index (κ2) is 5.39. The third-order valence-electron chi connectivity index (χ3n) is 2.69. The molecular formula is C12H11N3O5. The summed E-state index contributed by atoms with van der Waals surface area (Å²) in [5.74, 6) is -2.75. The quantitative estimate of drug-likeness (QED) is 0.809. The first-order valence-electron chi connectivity index (χ1n) is 5.64. The van der Waals surface area contributed by atoms with Crippen LogP contribution in [-0.2, 0) is 6.54 Å². The zero-order chi connectivity index (χ0) is 14.7. The van der Waals surface area contributed by atoms with Crippen LogP contribution in [0.5, 0.6) is 0 Å². The smallest absolute Gasteiger partial charge is 0.442 e. The summed E-state index contributed by atoms with van der Waals surface area (Å²) in [6.07, 6.45) is 0. The van der Waals surface area contributed by atoms with Crippen molar-refractivity contribution in [3.8, 4) is 0 Å². The molecule has 2 rings (SSSR count). The van der Waals surface area contributed by atoms with E-state index in [1.54, 1.807) is 18.2 Å².